The predicted octanol–water partition coefficient (Wildman–Crippen LogP) is -0.391. The Hall–Kier alpha value is 0.353. The van der Waals surface area contributed by atoms with Crippen molar-refractivity contribution >= 4 is 6.47 Å². The molecule has 0 aliphatic rings. The summed E-state index contributed by atoms with van der Waals surface area (Å²) >= 11 is 0. The molecule has 0 radical (unpaired) electrons. The van der Waals surface area contributed by atoms with Gasteiger partial charge in [-0.2, -0.15) is 0 Å². The molecule has 0 aromatic heterocycles. The third kappa shape index (κ3) is 34.6. The number of rotatable bonds is 0. The molecule has 0 aromatic carbocycles. The van der Waals surface area contributed by atoms with Gasteiger partial charge in [0.1, 0.15) is 0 Å². The maximum Gasteiger partial charge on any atom is 0 e. The van der Waals surface area contributed by atoms with E-state index in [0.29, 0.717) is 6.47 Å². The predicted molar refractivity (Wildman–Crippen MR) is 8.32 cm³/mol. The summed E-state index contributed by atoms with van der Waals surface area (Å²) in [5.41, 5.74) is 0. The topological polar surface area (TPSA) is 37.3 Å². The Kier molecular flexibility index (Phi) is 22.4. The molecule has 0 aliphatic carbocycles. The van der Waals surface area contributed by atoms with E-state index in [2.05, 4.69) is 0 Å². The first-order valence-corrected chi connectivity index (χ1v) is 0.428. The minimum atomic E-state index is 0. The summed E-state index contributed by atoms with van der Waals surface area (Å²) in [6, 6.07) is 0. The van der Waals surface area contributed by atoms with Gasteiger partial charge >= 0.3 is 0 Å². The van der Waals surface area contributed by atoms with Crippen LogP contribution in [0.25, 0.3) is 0 Å². The fraction of sp³-hybridized carbons (Fsp3) is 0. The van der Waals surface area contributed by atoms with Crippen molar-refractivity contribution in [1.82, 2.24) is 0 Å². The summed E-state index contributed by atoms with van der Waals surface area (Å²) < 4.78 is 0. The summed E-state index contributed by atoms with van der Waals surface area (Å²) in [6.45, 7) is 0.500. The Labute approximate surface area is 42.9 Å². The molecule has 0 heterocycles. The summed E-state index contributed by atoms with van der Waals surface area (Å²) in [5, 5.41) is 6.76. The van der Waals surface area contributed by atoms with E-state index in [9.17, 15) is 0 Å². The van der Waals surface area contributed by atoms with Gasteiger partial charge in [0.25, 0.3) is 0 Å². The normalized spacial score (nSPS) is 3.00. The van der Waals surface area contributed by atoms with Crippen LogP contribution < -0.4 is 0 Å². The van der Waals surface area contributed by atoms with E-state index in [0.717, 1.165) is 0 Å². The van der Waals surface area contributed by atoms with E-state index in [1.165, 1.54) is 0 Å². The molecule has 2 nitrogen and oxygen atoms in total. The zero-order chi connectivity index (χ0) is 2.71. The van der Waals surface area contributed by atoms with Crippen LogP contribution in [0, 0.1) is 0 Å². The van der Waals surface area contributed by atoms with Gasteiger partial charge in [0.15, 0.2) is 0 Å². The molecule has 0 atom stereocenters. The second-order valence-electron chi connectivity index (χ2n) is 0.0913. The summed E-state index contributed by atoms with van der Waals surface area (Å²) in [6.07, 6.45) is 0. The average molecular weight is 136 g/mol. The molecule has 0 bridgehead atoms. The van der Waals surface area contributed by atoms with Gasteiger partial charge in [0.05, 0.1) is 0 Å². The first-order valence-electron chi connectivity index (χ1n) is 0.428. The quantitative estimate of drug-likeness (QED) is 0.460. The molecule has 1 N–H and O–H groups in total. The van der Waals surface area contributed by atoms with E-state index in [1.807, 2.05) is 0 Å². The molecule has 0 saturated heterocycles. The molecular weight excluding hydrogens is 135 g/mol. The van der Waals surface area contributed by atoms with Gasteiger partial charge < -0.3 is 9.90 Å². The summed E-state index contributed by atoms with van der Waals surface area (Å²) in [7, 11) is 0. The monoisotopic (exact) mass is 135 g/mol. The van der Waals surface area contributed by atoms with Crippen molar-refractivity contribution in [1.29, 1.82) is 0 Å². The number of hydrogen-bond donors (Lipinski definition) is 1. The second kappa shape index (κ2) is 10.1. The van der Waals surface area contributed by atoms with E-state index < -0.39 is 0 Å². The Morgan fingerprint density at radius 1 is 1.75 bits per heavy atom. The van der Waals surface area contributed by atoms with Gasteiger partial charge in [-0.15, -0.1) is 0 Å². The summed E-state index contributed by atoms with van der Waals surface area (Å²) in [4.78, 5) is 8.24. The van der Waals surface area contributed by atoms with E-state index in [4.69, 9.17) is 9.90 Å². The van der Waals surface area contributed by atoms with Crippen LogP contribution in [-0.2, 0) is 31.0 Å². The molecule has 4 heavy (non-hydrogen) atoms. The Bertz CT molecular complexity index is 13.5. The van der Waals surface area contributed by atoms with Crippen molar-refractivity contribution in [3.8, 4) is 0 Å². The van der Waals surface area contributed by atoms with Gasteiger partial charge in [-0.25, -0.2) is 0 Å². The Morgan fingerprint density at radius 3 is 1.75 bits per heavy atom. The molecule has 0 unspecified atom stereocenters. The van der Waals surface area contributed by atoms with Crippen LogP contribution in [0.1, 0.15) is 0 Å². The Morgan fingerprint density at radius 2 is 1.75 bits per heavy atom. The molecule has 0 aliphatic heterocycles. The minimum absolute atomic E-state index is 0. The second-order valence-corrected chi connectivity index (χ2v) is 0.0913. The van der Waals surface area contributed by atoms with Crippen LogP contribution in [0.3, 0.4) is 0 Å². The largest absolute Gasteiger partial charge is 0.665 e. The third-order valence-corrected chi connectivity index (χ3v) is 0. The third-order valence-electron chi connectivity index (χ3n) is 0. The van der Waals surface area contributed by atoms with Crippen LogP contribution in [0.5, 0.6) is 0 Å². The van der Waals surface area contributed by atoms with Gasteiger partial charge in [0, 0.05) is 26.2 Å². The molecule has 3 heteroatoms. The number of hydrogen-bond acceptors (Lipinski definition) is 1. The van der Waals surface area contributed by atoms with Crippen molar-refractivity contribution in [3.05, 3.63) is 0 Å². The molecule has 0 rings (SSSR count). The zero-order valence-electron chi connectivity index (χ0n) is 1.86. The fourth-order valence-electron chi connectivity index (χ4n) is 0. The van der Waals surface area contributed by atoms with Gasteiger partial charge in [0.2, 0.25) is 0 Å². The smallest absolute Gasteiger partial charge is 0 e. The van der Waals surface area contributed by atoms with Crippen LogP contribution in [0.4, 0.5) is 0 Å². The van der Waals surface area contributed by atoms with E-state index in [1.54, 1.807) is 0 Å². The van der Waals surface area contributed by atoms with Gasteiger partial charge in [-0.3, -0.25) is 0 Å². The maximum absolute atomic E-state index is 8.24. The first kappa shape index (κ1) is 8.84. The minimum Gasteiger partial charge on any atom is -0.665 e. The van der Waals surface area contributed by atoms with Crippen molar-refractivity contribution in [2.75, 3.05) is 0 Å². The fourth-order valence-corrected chi connectivity index (χ4v) is 0. The van der Waals surface area contributed by atoms with Crippen molar-refractivity contribution in [3.63, 3.8) is 0 Å². The van der Waals surface area contributed by atoms with Crippen LogP contribution in [0.15, 0.2) is 0 Å². The summed E-state index contributed by atoms with van der Waals surface area (Å²) in [5.74, 6) is 0. The SMILES string of the molecule is O=[C-]O.[Zr]. The van der Waals surface area contributed by atoms with Crippen molar-refractivity contribution < 1.29 is 36.1 Å². The zero-order valence-corrected chi connectivity index (χ0v) is 4.31. The standard InChI is InChI=1S/CHO2.Zr/c2-1-3;/h(H,2,3);/q-1;. The molecule has 0 aromatic rings. The first-order chi connectivity index (χ1) is 1.41. The van der Waals surface area contributed by atoms with Crippen LogP contribution >= 0.6 is 0 Å². The van der Waals surface area contributed by atoms with Gasteiger partial charge in [-0.1, -0.05) is 6.47 Å². The van der Waals surface area contributed by atoms with E-state index >= 15 is 0 Å². The molecule has 0 amide bonds. The Balaban J connectivity index is 0. The van der Waals surface area contributed by atoms with Gasteiger partial charge in [-0.05, 0) is 0 Å². The van der Waals surface area contributed by atoms with Crippen LogP contribution in [-0.4, -0.2) is 11.6 Å². The molecule has 0 spiro atoms. The van der Waals surface area contributed by atoms with Crippen molar-refractivity contribution in [2.24, 2.45) is 0 Å². The molecular formula is CHO2Zr-. The molecule has 0 saturated carbocycles. The van der Waals surface area contributed by atoms with Crippen LogP contribution in [0.2, 0.25) is 0 Å². The molecule has 22 valence electrons. The number of aliphatic hydroxyl groups excluding tert-OH is 1. The van der Waals surface area contributed by atoms with Crippen molar-refractivity contribution in [2.45, 2.75) is 0 Å². The maximum atomic E-state index is 8.24. The van der Waals surface area contributed by atoms with E-state index in [-0.39, 0.29) is 26.2 Å². The average Bonchev–Trinajstić information content (AvgIpc) is 0.918. The molecule has 0 fully saturated rings.